The van der Waals surface area contributed by atoms with Crippen LogP contribution >= 0.6 is 0 Å². The maximum absolute atomic E-state index is 13.6. The van der Waals surface area contributed by atoms with Gasteiger partial charge in [-0.3, -0.25) is 9.59 Å². The van der Waals surface area contributed by atoms with E-state index in [1.54, 1.807) is 18.2 Å². The average Bonchev–Trinajstić information content (AvgIpc) is 3.03. The maximum atomic E-state index is 13.6. The van der Waals surface area contributed by atoms with Crippen molar-refractivity contribution in [3.8, 4) is 11.5 Å². The van der Waals surface area contributed by atoms with Crippen molar-refractivity contribution in [2.45, 2.75) is 13.8 Å². The minimum Gasteiger partial charge on any atom is -0.497 e. The quantitative estimate of drug-likeness (QED) is 0.576. The standard InChI is InChI=1S/C26H24N2O4/c1-16-8-10-18(11-9-16)23-24(27-19-7-5-6-17(2)14-19)26(30)28(25(23)29)21-15-20(31-3)12-13-22(21)32-4/h5-15,27H,1-4H3. The Kier molecular flexibility index (Phi) is 5.69. The van der Waals surface area contributed by atoms with Crippen LogP contribution in [0.4, 0.5) is 11.4 Å². The number of nitrogens with zero attached hydrogens (tertiary/aromatic N) is 1. The fourth-order valence-corrected chi connectivity index (χ4v) is 3.69. The first-order valence-electron chi connectivity index (χ1n) is 10.2. The molecule has 1 heterocycles. The summed E-state index contributed by atoms with van der Waals surface area (Å²) in [6, 6.07) is 20.2. The predicted octanol–water partition coefficient (Wildman–Crippen LogP) is 4.72. The minimum atomic E-state index is -0.460. The smallest absolute Gasteiger partial charge is 0.282 e. The van der Waals surface area contributed by atoms with Crippen molar-refractivity contribution in [2.75, 3.05) is 24.4 Å². The molecule has 0 saturated carbocycles. The number of ether oxygens (including phenoxy) is 2. The highest BCUT2D eigenvalue weighted by molar-refractivity contribution is 6.46. The zero-order chi connectivity index (χ0) is 22.8. The minimum absolute atomic E-state index is 0.217. The molecule has 162 valence electrons. The van der Waals surface area contributed by atoms with Gasteiger partial charge in [0.2, 0.25) is 0 Å². The highest BCUT2D eigenvalue weighted by Gasteiger charge is 2.41. The number of aryl methyl sites for hydroxylation is 2. The van der Waals surface area contributed by atoms with Crippen LogP contribution in [0.3, 0.4) is 0 Å². The number of anilines is 2. The molecule has 32 heavy (non-hydrogen) atoms. The average molecular weight is 428 g/mol. The van der Waals surface area contributed by atoms with E-state index in [1.807, 2.05) is 62.4 Å². The van der Waals surface area contributed by atoms with E-state index in [1.165, 1.54) is 14.2 Å². The molecule has 3 aromatic rings. The lowest BCUT2D eigenvalue weighted by atomic mass is 10.0. The van der Waals surface area contributed by atoms with Crippen molar-refractivity contribution in [3.05, 3.63) is 89.1 Å². The molecule has 0 fully saturated rings. The fraction of sp³-hybridized carbons (Fsp3) is 0.154. The van der Waals surface area contributed by atoms with E-state index in [9.17, 15) is 9.59 Å². The van der Waals surface area contributed by atoms with Gasteiger partial charge in [-0.25, -0.2) is 4.90 Å². The summed E-state index contributed by atoms with van der Waals surface area (Å²) in [6.07, 6.45) is 0. The monoisotopic (exact) mass is 428 g/mol. The van der Waals surface area contributed by atoms with E-state index in [4.69, 9.17) is 9.47 Å². The van der Waals surface area contributed by atoms with Gasteiger partial charge in [0.1, 0.15) is 17.2 Å². The molecular formula is C26H24N2O4. The Morgan fingerprint density at radius 2 is 1.53 bits per heavy atom. The van der Waals surface area contributed by atoms with Gasteiger partial charge in [0, 0.05) is 11.8 Å². The fourth-order valence-electron chi connectivity index (χ4n) is 3.69. The lowest BCUT2D eigenvalue weighted by molar-refractivity contribution is -0.120. The second-order valence-electron chi connectivity index (χ2n) is 7.59. The van der Waals surface area contributed by atoms with Gasteiger partial charge in [-0.15, -0.1) is 0 Å². The van der Waals surface area contributed by atoms with E-state index in [-0.39, 0.29) is 5.70 Å². The Labute approximate surface area is 187 Å². The molecule has 1 N–H and O–H groups in total. The molecule has 0 radical (unpaired) electrons. The molecule has 0 bridgehead atoms. The van der Waals surface area contributed by atoms with Gasteiger partial charge in [-0.05, 0) is 49.2 Å². The molecule has 0 aromatic heterocycles. The number of carbonyl (C=O) groups excluding carboxylic acids is 2. The summed E-state index contributed by atoms with van der Waals surface area (Å²) in [7, 11) is 3.02. The maximum Gasteiger partial charge on any atom is 0.282 e. The third-order valence-electron chi connectivity index (χ3n) is 5.34. The zero-order valence-electron chi connectivity index (χ0n) is 18.4. The molecule has 6 nitrogen and oxygen atoms in total. The first-order chi connectivity index (χ1) is 15.4. The number of nitrogens with one attached hydrogen (secondary N) is 1. The largest absolute Gasteiger partial charge is 0.497 e. The Balaban J connectivity index is 1.86. The van der Waals surface area contributed by atoms with Gasteiger partial charge in [-0.2, -0.15) is 0 Å². The number of methoxy groups -OCH3 is 2. The molecule has 1 aliphatic heterocycles. The lowest BCUT2D eigenvalue weighted by Crippen LogP contribution is -2.32. The third kappa shape index (κ3) is 3.83. The van der Waals surface area contributed by atoms with Crippen molar-refractivity contribution in [2.24, 2.45) is 0 Å². The van der Waals surface area contributed by atoms with Crippen molar-refractivity contribution in [3.63, 3.8) is 0 Å². The number of imide groups is 1. The number of hydrogen-bond acceptors (Lipinski definition) is 5. The molecule has 1 aliphatic rings. The van der Waals surface area contributed by atoms with E-state index in [0.717, 1.165) is 21.7 Å². The Hall–Kier alpha value is -4.06. The first-order valence-corrected chi connectivity index (χ1v) is 10.2. The summed E-state index contributed by atoms with van der Waals surface area (Å²) in [5.74, 6) is 0.0186. The third-order valence-corrected chi connectivity index (χ3v) is 5.34. The molecular weight excluding hydrogens is 404 g/mol. The van der Waals surface area contributed by atoms with E-state index < -0.39 is 11.8 Å². The second kappa shape index (κ2) is 8.59. The summed E-state index contributed by atoms with van der Waals surface area (Å²) in [5, 5.41) is 3.19. The molecule has 0 spiro atoms. The molecule has 0 saturated heterocycles. The normalized spacial score (nSPS) is 13.6. The molecule has 3 aromatic carbocycles. The van der Waals surface area contributed by atoms with Gasteiger partial charge in [0.15, 0.2) is 0 Å². The zero-order valence-corrected chi connectivity index (χ0v) is 18.4. The summed E-state index contributed by atoms with van der Waals surface area (Å²) in [4.78, 5) is 28.4. The van der Waals surface area contributed by atoms with Crippen LogP contribution in [-0.4, -0.2) is 26.0 Å². The molecule has 6 heteroatoms. The van der Waals surface area contributed by atoms with Gasteiger partial charge in [0.25, 0.3) is 11.8 Å². The Bertz CT molecular complexity index is 1230. The topological polar surface area (TPSA) is 67.9 Å². The van der Waals surface area contributed by atoms with Crippen LogP contribution in [0.1, 0.15) is 16.7 Å². The summed E-state index contributed by atoms with van der Waals surface area (Å²) in [6.45, 7) is 3.94. The number of amides is 2. The second-order valence-corrected chi connectivity index (χ2v) is 7.59. The molecule has 0 aliphatic carbocycles. The van der Waals surface area contributed by atoms with Gasteiger partial charge in [0.05, 0.1) is 25.5 Å². The van der Waals surface area contributed by atoms with Crippen LogP contribution in [0.5, 0.6) is 11.5 Å². The van der Waals surface area contributed by atoms with Crippen molar-refractivity contribution in [1.29, 1.82) is 0 Å². The first kappa shape index (κ1) is 21.2. The molecule has 4 rings (SSSR count). The van der Waals surface area contributed by atoms with Crippen LogP contribution in [0.25, 0.3) is 5.57 Å². The molecule has 2 amide bonds. The SMILES string of the molecule is COc1ccc(OC)c(N2C(=O)C(Nc3cccc(C)c3)=C(c3ccc(C)cc3)C2=O)c1. The summed E-state index contributed by atoms with van der Waals surface area (Å²) in [5.41, 5.74) is 4.34. The lowest BCUT2D eigenvalue weighted by Gasteiger charge is -2.19. The van der Waals surface area contributed by atoms with Crippen LogP contribution in [0.2, 0.25) is 0 Å². The Morgan fingerprint density at radius 1 is 0.781 bits per heavy atom. The van der Waals surface area contributed by atoms with Gasteiger partial charge in [-0.1, -0.05) is 42.0 Å². The van der Waals surface area contributed by atoms with Gasteiger partial charge >= 0.3 is 0 Å². The van der Waals surface area contributed by atoms with E-state index >= 15 is 0 Å². The highest BCUT2D eigenvalue weighted by Crippen LogP contribution is 2.39. The van der Waals surface area contributed by atoms with Crippen LogP contribution in [0.15, 0.2) is 72.4 Å². The summed E-state index contributed by atoms with van der Waals surface area (Å²) >= 11 is 0. The highest BCUT2D eigenvalue weighted by atomic mass is 16.5. The van der Waals surface area contributed by atoms with Gasteiger partial charge < -0.3 is 14.8 Å². The number of benzene rings is 3. The van der Waals surface area contributed by atoms with Crippen LogP contribution in [0, 0.1) is 13.8 Å². The predicted molar refractivity (Wildman–Crippen MR) is 125 cm³/mol. The van der Waals surface area contributed by atoms with E-state index in [2.05, 4.69) is 5.32 Å². The summed E-state index contributed by atoms with van der Waals surface area (Å²) < 4.78 is 10.7. The van der Waals surface area contributed by atoms with E-state index in [0.29, 0.717) is 28.3 Å². The number of carbonyl (C=O) groups is 2. The van der Waals surface area contributed by atoms with Crippen molar-refractivity contribution < 1.29 is 19.1 Å². The number of hydrogen-bond donors (Lipinski definition) is 1. The van der Waals surface area contributed by atoms with Crippen LogP contribution < -0.4 is 19.7 Å². The van der Waals surface area contributed by atoms with Crippen LogP contribution in [-0.2, 0) is 9.59 Å². The van der Waals surface area contributed by atoms with Crippen molar-refractivity contribution >= 4 is 28.8 Å². The van der Waals surface area contributed by atoms with Crippen molar-refractivity contribution in [1.82, 2.24) is 0 Å². The molecule has 0 atom stereocenters. The molecule has 0 unspecified atom stereocenters. The number of rotatable bonds is 6. The Morgan fingerprint density at radius 3 is 2.19 bits per heavy atom.